The minimum absolute atomic E-state index is 0.294. The summed E-state index contributed by atoms with van der Waals surface area (Å²) in [4.78, 5) is 16.5. The van der Waals surface area contributed by atoms with Gasteiger partial charge in [0.25, 0.3) is 0 Å². The Labute approximate surface area is 174 Å². The largest absolute Gasteiger partial charge is 0.462 e. The zero-order valence-corrected chi connectivity index (χ0v) is 17.1. The Bertz CT molecular complexity index is 1030. The Morgan fingerprint density at radius 2 is 1.93 bits per heavy atom. The molecular formula is C23H21N3O2S. The first-order valence-corrected chi connectivity index (χ1v) is 10.1. The maximum absolute atomic E-state index is 12.0. The molecule has 3 rings (SSSR count). The van der Waals surface area contributed by atoms with Crippen LogP contribution >= 0.6 is 11.3 Å². The minimum atomic E-state index is -0.338. The summed E-state index contributed by atoms with van der Waals surface area (Å²) in [7, 11) is 0. The molecule has 0 unspecified atom stereocenters. The van der Waals surface area contributed by atoms with Gasteiger partial charge in [-0.25, -0.2) is 9.78 Å². The van der Waals surface area contributed by atoms with Crippen molar-refractivity contribution in [3.8, 4) is 17.3 Å². The summed E-state index contributed by atoms with van der Waals surface area (Å²) >= 11 is 1.42. The summed E-state index contributed by atoms with van der Waals surface area (Å²) in [5, 5.41) is 15.2. The lowest BCUT2D eigenvalue weighted by atomic mass is 10.2. The highest BCUT2D eigenvalue weighted by molar-refractivity contribution is 7.11. The van der Waals surface area contributed by atoms with Crippen molar-refractivity contribution in [1.82, 2.24) is 4.98 Å². The van der Waals surface area contributed by atoms with Gasteiger partial charge in [-0.3, -0.25) is 0 Å². The first kappa shape index (κ1) is 20.3. The molecule has 0 spiro atoms. The number of nitrogens with zero attached hydrogens (tertiary/aromatic N) is 2. The first-order valence-electron chi connectivity index (χ1n) is 9.22. The molecule has 29 heavy (non-hydrogen) atoms. The molecule has 2 aromatic carbocycles. The van der Waals surface area contributed by atoms with E-state index in [1.165, 1.54) is 11.3 Å². The third-order valence-electron chi connectivity index (χ3n) is 3.98. The second kappa shape index (κ2) is 9.67. The molecule has 0 aliphatic heterocycles. The van der Waals surface area contributed by atoms with E-state index in [-0.39, 0.29) is 5.97 Å². The van der Waals surface area contributed by atoms with Crippen molar-refractivity contribution in [3.05, 3.63) is 76.7 Å². The van der Waals surface area contributed by atoms with E-state index in [9.17, 15) is 10.1 Å². The van der Waals surface area contributed by atoms with Crippen molar-refractivity contribution in [1.29, 1.82) is 5.26 Å². The molecule has 3 aromatic rings. The summed E-state index contributed by atoms with van der Waals surface area (Å²) < 4.78 is 5.22. The molecule has 0 aliphatic carbocycles. The van der Waals surface area contributed by atoms with Gasteiger partial charge in [0.2, 0.25) is 0 Å². The molecule has 1 N–H and O–H groups in total. The molecule has 5 nitrogen and oxygen atoms in total. The predicted octanol–water partition coefficient (Wildman–Crippen LogP) is 5.60. The standard InChI is InChI=1S/C23H21N3O2S/c1-16(2)14-28-23(27)18-8-10-20(11-9-18)25-13-19(12-24)22-26-21(15-29-22)17-6-4-3-5-7-17/h3-11,13,15-16,25H,14H2,1-2H3/b19-13+. The summed E-state index contributed by atoms with van der Waals surface area (Å²) in [6, 6.07) is 19.0. The lowest BCUT2D eigenvalue weighted by Gasteiger charge is -2.07. The molecule has 1 aromatic heterocycles. The Balaban J connectivity index is 1.67. The van der Waals surface area contributed by atoms with Gasteiger partial charge in [-0.1, -0.05) is 44.2 Å². The van der Waals surface area contributed by atoms with Crippen LogP contribution in [0.3, 0.4) is 0 Å². The van der Waals surface area contributed by atoms with Crippen LogP contribution in [0.4, 0.5) is 5.69 Å². The predicted molar refractivity (Wildman–Crippen MR) is 116 cm³/mol. The van der Waals surface area contributed by atoms with Crippen LogP contribution < -0.4 is 5.32 Å². The van der Waals surface area contributed by atoms with Crippen molar-refractivity contribution in [2.24, 2.45) is 5.92 Å². The van der Waals surface area contributed by atoms with E-state index in [1.807, 2.05) is 49.6 Å². The van der Waals surface area contributed by atoms with E-state index in [2.05, 4.69) is 16.4 Å². The molecule has 146 valence electrons. The van der Waals surface area contributed by atoms with Crippen LogP contribution in [0.5, 0.6) is 0 Å². The van der Waals surface area contributed by atoms with Gasteiger partial charge in [0.15, 0.2) is 0 Å². The Morgan fingerprint density at radius 1 is 1.21 bits per heavy atom. The van der Waals surface area contributed by atoms with Crippen molar-refractivity contribution in [2.75, 3.05) is 11.9 Å². The number of carbonyl (C=O) groups excluding carboxylic acids is 1. The molecule has 0 amide bonds. The number of rotatable bonds is 7. The van der Waals surface area contributed by atoms with Gasteiger partial charge in [0.1, 0.15) is 16.6 Å². The van der Waals surface area contributed by atoms with Crippen LogP contribution in [0.15, 0.2) is 66.2 Å². The molecule has 0 fully saturated rings. The Kier molecular flexibility index (Phi) is 6.77. The van der Waals surface area contributed by atoms with Crippen molar-refractivity contribution in [2.45, 2.75) is 13.8 Å². The van der Waals surface area contributed by atoms with Gasteiger partial charge in [0, 0.05) is 22.8 Å². The van der Waals surface area contributed by atoms with Gasteiger partial charge in [-0.15, -0.1) is 11.3 Å². The number of nitrogens with one attached hydrogen (secondary N) is 1. The van der Waals surface area contributed by atoms with E-state index < -0.39 is 0 Å². The van der Waals surface area contributed by atoms with Crippen LogP contribution in [0, 0.1) is 17.2 Å². The summed E-state index contributed by atoms with van der Waals surface area (Å²) in [5.74, 6) is -0.0440. The zero-order chi connectivity index (χ0) is 20.6. The van der Waals surface area contributed by atoms with Crippen molar-refractivity contribution >= 4 is 28.6 Å². The van der Waals surface area contributed by atoms with E-state index in [4.69, 9.17) is 4.74 Å². The van der Waals surface area contributed by atoms with E-state index in [1.54, 1.807) is 30.5 Å². The molecule has 1 heterocycles. The number of anilines is 1. The number of allylic oxidation sites excluding steroid dienone is 1. The number of hydrogen-bond donors (Lipinski definition) is 1. The SMILES string of the molecule is CC(C)COC(=O)c1ccc(N/C=C(\C#N)c2nc(-c3ccccc3)cs2)cc1. The average molecular weight is 404 g/mol. The minimum Gasteiger partial charge on any atom is -0.462 e. The van der Waals surface area contributed by atoms with Gasteiger partial charge in [0.05, 0.1) is 17.9 Å². The number of carbonyl (C=O) groups is 1. The number of aromatic nitrogens is 1. The number of esters is 1. The highest BCUT2D eigenvalue weighted by atomic mass is 32.1. The number of hydrogen-bond acceptors (Lipinski definition) is 6. The van der Waals surface area contributed by atoms with E-state index >= 15 is 0 Å². The maximum Gasteiger partial charge on any atom is 0.338 e. The zero-order valence-electron chi connectivity index (χ0n) is 16.3. The van der Waals surface area contributed by atoms with Crippen molar-refractivity contribution < 1.29 is 9.53 Å². The molecule has 0 saturated carbocycles. The van der Waals surface area contributed by atoms with Gasteiger partial charge < -0.3 is 10.1 Å². The third kappa shape index (κ3) is 5.53. The van der Waals surface area contributed by atoms with Gasteiger partial charge in [-0.2, -0.15) is 5.26 Å². The second-order valence-corrected chi connectivity index (χ2v) is 7.65. The fraction of sp³-hybridized carbons (Fsp3) is 0.174. The van der Waals surface area contributed by atoms with Crippen LogP contribution in [-0.4, -0.2) is 17.6 Å². The Morgan fingerprint density at radius 3 is 2.59 bits per heavy atom. The number of thiazole rings is 1. The molecular weight excluding hydrogens is 382 g/mol. The second-order valence-electron chi connectivity index (χ2n) is 6.79. The monoisotopic (exact) mass is 403 g/mol. The lowest BCUT2D eigenvalue weighted by molar-refractivity contribution is 0.0459. The van der Waals surface area contributed by atoms with Crippen LogP contribution in [0.1, 0.15) is 29.2 Å². The number of ether oxygens (including phenoxy) is 1. The van der Waals surface area contributed by atoms with Gasteiger partial charge >= 0.3 is 5.97 Å². The van der Waals surface area contributed by atoms with Crippen LogP contribution in [0.2, 0.25) is 0 Å². The maximum atomic E-state index is 12.0. The number of nitriles is 1. The molecule has 0 atom stereocenters. The molecule has 0 saturated heterocycles. The molecule has 0 bridgehead atoms. The molecule has 0 radical (unpaired) electrons. The first-order chi connectivity index (χ1) is 14.1. The van der Waals surface area contributed by atoms with Gasteiger partial charge in [-0.05, 0) is 30.2 Å². The van der Waals surface area contributed by atoms with Crippen LogP contribution in [0.25, 0.3) is 16.8 Å². The highest BCUT2D eigenvalue weighted by Gasteiger charge is 2.10. The summed E-state index contributed by atoms with van der Waals surface area (Å²) in [5.41, 5.74) is 3.56. The quantitative estimate of drug-likeness (QED) is 0.410. The topological polar surface area (TPSA) is 75.0 Å². The molecule has 0 aliphatic rings. The fourth-order valence-electron chi connectivity index (χ4n) is 2.46. The normalized spacial score (nSPS) is 11.2. The van der Waals surface area contributed by atoms with E-state index in [0.717, 1.165) is 16.9 Å². The smallest absolute Gasteiger partial charge is 0.338 e. The number of benzene rings is 2. The molecule has 6 heteroatoms. The third-order valence-corrected chi connectivity index (χ3v) is 4.85. The Hall–Kier alpha value is -3.43. The van der Waals surface area contributed by atoms with E-state index in [0.29, 0.717) is 28.7 Å². The van der Waals surface area contributed by atoms with Crippen molar-refractivity contribution in [3.63, 3.8) is 0 Å². The lowest BCUT2D eigenvalue weighted by Crippen LogP contribution is -2.10. The fourth-order valence-corrected chi connectivity index (χ4v) is 3.26. The summed E-state index contributed by atoms with van der Waals surface area (Å²) in [6.07, 6.45) is 1.62. The summed E-state index contributed by atoms with van der Waals surface area (Å²) in [6.45, 7) is 4.38. The van der Waals surface area contributed by atoms with Crippen LogP contribution in [-0.2, 0) is 4.74 Å². The average Bonchev–Trinajstić information content (AvgIpc) is 3.23. The highest BCUT2D eigenvalue weighted by Crippen LogP contribution is 2.26.